The van der Waals surface area contributed by atoms with Crippen molar-refractivity contribution in [3.05, 3.63) is 24.3 Å². The molecule has 3 rings (SSSR count). The highest BCUT2D eigenvalue weighted by atomic mass is 15.2. The van der Waals surface area contributed by atoms with E-state index in [0.717, 1.165) is 30.0 Å². The molecular weight excluding hydrogens is 262 g/mol. The van der Waals surface area contributed by atoms with E-state index in [9.17, 15) is 0 Å². The van der Waals surface area contributed by atoms with Crippen LogP contribution in [0.5, 0.6) is 0 Å². The fraction of sp³-hybridized carbons (Fsp3) is 0.500. The molecule has 1 saturated heterocycles. The smallest absolute Gasteiger partial charge is 0.169 e. The summed E-state index contributed by atoms with van der Waals surface area (Å²) >= 11 is 0. The molecule has 0 atom stereocenters. The third-order valence-electron chi connectivity index (χ3n) is 4.19. The van der Waals surface area contributed by atoms with Crippen LogP contribution in [0.2, 0.25) is 0 Å². The molecule has 1 fully saturated rings. The van der Waals surface area contributed by atoms with E-state index in [0.29, 0.717) is 11.6 Å². The van der Waals surface area contributed by atoms with Crippen molar-refractivity contribution >= 4 is 22.7 Å². The molecule has 0 radical (unpaired) electrons. The quantitative estimate of drug-likeness (QED) is 0.902. The first kappa shape index (κ1) is 14.1. The highest BCUT2D eigenvalue weighted by Gasteiger charge is 2.15. The number of benzene rings is 1. The summed E-state index contributed by atoms with van der Waals surface area (Å²) in [4.78, 5) is 11.4. The normalized spacial score (nSPS) is 17.2. The Bertz CT molecular complexity index is 605. The topological polar surface area (TPSA) is 67.1 Å². The van der Waals surface area contributed by atoms with E-state index in [2.05, 4.69) is 27.1 Å². The molecule has 5 nitrogen and oxygen atoms in total. The van der Waals surface area contributed by atoms with Gasteiger partial charge in [-0.25, -0.2) is 9.97 Å². The number of aromatic nitrogens is 2. The maximum Gasteiger partial charge on any atom is 0.169 e. The number of hydrogen-bond donors (Lipinski definition) is 2. The highest BCUT2D eigenvalue weighted by Crippen LogP contribution is 2.19. The van der Waals surface area contributed by atoms with Gasteiger partial charge in [0.05, 0.1) is 11.0 Å². The van der Waals surface area contributed by atoms with Gasteiger partial charge in [-0.3, -0.25) is 0 Å². The average Bonchev–Trinajstić information content (AvgIpc) is 2.50. The zero-order chi connectivity index (χ0) is 14.7. The van der Waals surface area contributed by atoms with Crippen LogP contribution in [0.15, 0.2) is 24.3 Å². The van der Waals surface area contributed by atoms with Gasteiger partial charge in [0.15, 0.2) is 11.6 Å². The molecule has 0 unspecified atom stereocenters. The Balaban J connectivity index is 1.59. The van der Waals surface area contributed by atoms with E-state index in [4.69, 9.17) is 5.73 Å². The lowest BCUT2D eigenvalue weighted by Gasteiger charge is -2.30. The minimum absolute atomic E-state index is 0.473. The summed E-state index contributed by atoms with van der Waals surface area (Å²) in [6.45, 7) is 6.61. The predicted molar refractivity (Wildman–Crippen MR) is 87.3 cm³/mol. The van der Waals surface area contributed by atoms with E-state index < -0.39 is 0 Å². The second kappa shape index (κ2) is 6.26. The number of rotatable bonds is 4. The van der Waals surface area contributed by atoms with Crippen LogP contribution in [0.25, 0.3) is 11.0 Å². The summed E-state index contributed by atoms with van der Waals surface area (Å²) in [5.41, 5.74) is 7.69. The molecule has 21 heavy (non-hydrogen) atoms. The van der Waals surface area contributed by atoms with E-state index in [-0.39, 0.29) is 0 Å². The second-order valence-corrected chi connectivity index (χ2v) is 5.90. The molecule has 3 N–H and O–H groups in total. The molecular formula is C16H23N5. The summed E-state index contributed by atoms with van der Waals surface area (Å²) in [6.07, 6.45) is 2.61. The fourth-order valence-electron chi connectivity index (χ4n) is 2.76. The Morgan fingerprint density at radius 2 is 1.86 bits per heavy atom. The van der Waals surface area contributed by atoms with Gasteiger partial charge in [0.25, 0.3) is 0 Å². The fourth-order valence-corrected chi connectivity index (χ4v) is 2.76. The summed E-state index contributed by atoms with van der Waals surface area (Å²) in [5.74, 6) is 2.04. The molecule has 2 aromatic rings. The molecule has 5 heteroatoms. The van der Waals surface area contributed by atoms with Crippen LogP contribution in [-0.4, -0.2) is 41.0 Å². The van der Waals surface area contributed by atoms with E-state index in [1.54, 1.807) is 0 Å². The zero-order valence-corrected chi connectivity index (χ0v) is 12.5. The van der Waals surface area contributed by atoms with E-state index in [1.807, 2.05) is 24.3 Å². The first-order valence-electron chi connectivity index (χ1n) is 7.71. The van der Waals surface area contributed by atoms with Crippen LogP contribution in [0.3, 0.4) is 0 Å². The molecule has 1 aliphatic heterocycles. The molecule has 2 heterocycles. The maximum absolute atomic E-state index is 5.97. The number of nitrogens with one attached hydrogen (secondary N) is 1. The average molecular weight is 285 g/mol. The van der Waals surface area contributed by atoms with Crippen molar-refractivity contribution in [3.8, 4) is 0 Å². The summed E-state index contributed by atoms with van der Waals surface area (Å²) < 4.78 is 0. The first-order chi connectivity index (χ1) is 10.2. The van der Waals surface area contributed by atoms with Gasteiger partial charge in [-0.1, -0.05) is 19.1 Å². The molecule has 1 aliphatic rings. The van der Waals surface area contributed by atoms with Gasteiger partial charge >= 0.3 is 0 Å². The van der Waals surface area contributed by atoms with Crippen LogP contribution in [-0.2, 0) is 0 Å². The van der Waals surface area contributed by atoms with Crippen molar-refractivity contribution in [1.29, 1.82) is 0 Å². The van der Waals surface area contributed by atoms with Crippen molar-refractivity contribution < 1.29 is 0 Å². The van der Waals surface area contributed by atoms with Crippen molar-refractivity contribution in [1.82, 2.24) is 14.9 Å². The largest absolute Gasteiger partial charge is 0.381 e. The number of nitrogens with two attached hydrogens (primary N) is 1. The van der Waals surface area contributed by atoms with Crippen LogP contribution < -0.4 is 11.1 Å². The van der Waals surface area contributed by atoms with Gasteiger partial charge < -0.3 is 16.0 Å². The van der Waals surface area contributed by atoms with Gasteiger partial charge in [0.1, 0.15) is 0 Å². The molecule has 0 bridgehead atoms. The number of anilines is 2. The summed E-state index contributed by atoms with van der Waals surface area (Å²) in [6, 6.07) is 7.79. The molecule has 1 aromatic heterocycles. The van der Waals surface area contributed by atoms with Crippen LogP contribution in [0.1, 0.15) is 19.8 Å². The predicted octanol–water partition coefficient (Wildman–Crippen LogP) is 2.36. The van der Waals surface area contributed by atoms with Gasteiger partial charge in [-0.05, 0) is 44.0 Å². The number of para-hydroxylation sites is 2. The Kier molecular flexibility index (Phi) is 4.20. The minimum atomic E-state index is 0.473. The van der Waals surface area contributed by atoms with Crippen molar-refractivity contribution in [3.63, 3.8) is 0 Å². The number of nitrogens with zero attached hydrogens (tertiary/aromatic N) is 3. The molecule has 0 saturated carbocycles. The Morgan fingerprint density at radius 1 is 1.19 bits per heavy atom. The monoisotopic (exact) mass is 285 g/mol. The zero-order valence-electron chi connectivity index (χ0n) is 12.5. The van der Waals surface area contributed by atoms with E-state index >= 15 is 0 Å². The molecule has 1 aromatic carbocycles. The Labute approximate surface area is 125 Å². The van der Waals surface area contributed by atoms with Gasteiger partial charge in [0, 0.05) is 13.1 Å². The SMILES string of the molecule is CC1CCN(CCNc2nc3ccccc3nc2N)CC1. The van der Waals surface area contributed by atoms with Crippen molar-refractivity contribution in [2.24, 2.45) is 5.92 Å². The summed E-state index contributed by atoms with van der Waals surface area (Å²) in [7, 11) is 0. The molecule has 0 amide bonds. The van der Waals surface area contributed by atoms with E-state index in [1.165, 1.54) is 25.9 Å². The van der Waals surface area contributed by atoms with Crippen LogP contribution in [0.4, 0.5) is 11.6 Å². The lowest BCUT2D eigenvalue weighted by molar-refractivity contribution is 0.199. The van der Waals surface area contributed by atoms with Crippen LogP contribution >= 0.6 is 0 Å². The van der Waals surface area contributed by atoms with Crippen molar-refractivity contribution in [2.45, 2.75) is 19.8 Å². The highest BCUT2D eigenvalue weighted by molar-refractivity contribution is 5.79. The Morgan fingerprint density at radius 3 is 2.57 bits per heavy atom. The number of piperidine rings is 1. The van der Waals surface area contributed by atoms with Gasteiger partial charge in [-0.2, -0.15) is 0 Å². The van der Waals surface area contributed by atoms with Gasteiger partial charge in [-0.15, -0.1) is 0 Å². The second-order valence-electron chi connectivity index (χ2n) is 5.90. The number of nitrogen functional groups attached to an aromatic ring is 1. The van der Waals surface area contributed by atoms with Crippen LogP contribution in [0, 0.1) is 5.92 Å². The number of fused-ring (bicyclic) bond motifs is 1. The number of hydrogen-bond acceptors (Lipinski definition) is 5. The lowest BCUT2D eigenvalue weighted by atomic mass is 9.99. The Hall–Kier alpha value is -1.88. The number of likely N-dealkylation sites (tertiary alicyclic amines) is 1. The molecule has 0 spiro atoms. The maximum atomic E-state index is 5.97. The van der Waals surface area contributed by atoms with Crippen molar-refractivity contribution in [2.75, 3.05) is 37.2 Å². The standard InChI is InChI=1S/C16H23N5/c1-12-6-9-21(10-7-12)11-8-18-16-15(17)19-13-4-2-3-5-14(13)20-16/h2-5,12H,6-11H2,1H3,(H2,17,19)(H,18,20). The molecule has 112 valence electrons. The minimum Gasteiger partial charge on any atom is -0.381 e. The molecule has 0 aliphatic carbocycles. The summed E-state index contributed by atoms with van der Waals surface area (Å²) in [5, 5.41) is 3.32. The third kappa shape index (κ3) is 3.42. The first-order valence-corrected chi connectivity index (χ1v) is 7.71. The third-order valence-corrected chi connectivity index (χ3v) is 4.19. The van der Waals surface area contributed by atoms with Gasteiger partial charge in [0.2, 0.25) is 0 Å². The lowest BCUT2D eigenvalue weighted by Crippen LogP contribution is -2.36.